The first-order valence-corrected chi connectivity index (χ1v) is 2.34. The van der Waals surface area contributed by atoms with Crippen molar-refractivity contribution in [3.63, 3.8) is 0 Å². The Morgan fingerprint density at radius 3 is 1.88 bits per heavy atom. The van der Waals surface area contributed by atoms with E-state index >= 15 is 0 Å². The molecule has 0 aromatic carbocycles. The predicted molar refractivity (Wildman–Crippen MR) is 34.4 cm³/mol. The van der Waals surface area contributed by atoms with Gasteiger partial charge in [-0.15, -0.1) is 13.2 Å². The Labute approximate surface area is 74.6 Å². The normalized spacial score (nSPS) is 7.00. The van der Waals surface area contributed by atoms with Crippen LogP contribution in [0.3, 0.4) is 0 Å². The molecule has 0 rings (SSSR count). The molecule has 0 amide bonds. The monoisotopic (exact) mass is 121 g/mol. The summed E-state index contributed by atoms with van der Waals surface area (Å²) in [5.74, 6) is 0. The molecule has 0 spiro atoms. The molecule has 0 aliphatic heterocycles. The van der Waals surface area contributed by atoms with Crippen molar-refractivity contribution in [2.75, 3.05) is 13.1 Å². The predicted octanol–water partition coefficient (Wildman–Crippen LogP) is -1.94. The van der Waals surface area contributed by atoms with E-state index in [0.717, 1.165) is 13.1 Å². The Morgan fingerprint density at radius 2 is 1.62 bits per heavy atom. The summed E-state index contributed by atoms with van der Waals surface area (Å²) < 4.78 is 0. The topological polar surface area (TPSA) is 12.0 Å². The summed E-state index contributed by atoms with van der Waals surface area (Å²) in [6.45, 7) is 8.81. The van der Waals surface area contributed by atoms with Gasteiger partial charge in [0.05, 0.1) is 0 Å². The van der Waals surface area contributed by atoms with Crippen LogP contribution in [0.4, 0.5) is 0 Å². The van der Waals surface area contributed by atoms with Gasteiger partial charge in [-0.1, -0.05) is 12.2 Å². The number of nitrogens with one attached hydrogen (secondary N) is 1. The van der Waals surface area contributed by atoms with Gasteiger partial charge in [-0.2, -0.15) is 0 Å². The molecule has 0 heterocycles. The average Bonchev–Trinajstić information content (AvgIpc) is 1.69. The zero-order valence-electron chi connectivity index (χ0n) is 6.48. The van der Waals surface area contributed by atoms with Gasteiger partial charge in [0.15, 0.2) is 0 Å². The summed E-state index contributed by atoms with van der Waals surface area (Å²) in [5.41, 5.74) is 0. The van der Waals surface area contributed by atoms with Crippen LogP contribution >= 0.6 is 0 Å². The van der Waals surface area contributed by atoms with E-state index in [1.807, 2.05) is 12.2 Å². The molecule has 42 valence electrons. The minimum atomic E-state index is 0. The molecule has 0 unspecified atom stereocenters. The third kappa shape index (κ3) is 9.67. The maximum Gasteiger partial charge on any atom is 1.00 e. The molecule has 0 bridgehead atoms. The summed E-state index contributed by atoms with van der Waals surface area (Å²) in [4.78, 5) is 0. The van der Waals surface area contributed by atoms with Gasteiger partial charge in [0.2, 0.25) is 0 Å². The van der Waals surface area contributed by atoms with Crippen LogP contribution in [0.5, 0.6) is 0 Å². The maximum absolute atomic E-state index is 3.54. The first-order valence-electron chi connectivity index (χ1n) is 2.34. The molecule has 1 N–H and O–H groups in total. The van der Waals surface area contributed by atoms with E-state index in [-0.39, 0.29) is 31.0 Å². The summed E-state index contributed by atoms with van der Waals surface area (Å²) in [6.07, 6.45) is 3.65. The van der Waals surface area contributed by atoms with Crippen LogP contribution in [-0.2, 0) is 0 Å². The fourth-order valence-electron chi connectivity index (χ4n) is 0.287. The fourth-order valence-corrected chi connectivity index (χ4v) is 0.287. The first-order chi connectivity index (χ1) is 3.41. The van der Waals surface area contributed by atoms with Crippen molar-refractivity contribution >= 4 is 0 Å². The van der Waals surface area contributed by atoms with Gasteiger partial charge in [0, 0.05) is 13.1 Å². The van der Waals surface area contributed by atoms with E-state index in [0.29, 0.717) is 0 Å². The smallest absolute Gasteiger partial charge is 1.00 e. The van der Waals surface area contributed by atoms with Gasteiger partial charge < -0.3 is 6.74 Å². The van der Waals surface area contributed by atoms with E-state index in [2.05, 4.69) is 18.5 Å². The fraction of sp³-hybridized carbons (Fsp3) is 0.333. The minimum Gasteiger partial charge on any atom is -1.00 e. The number of rotatable bonds is 4. The molecular formula is C6H12NNa. The van der Waals surface area contributed by atoms with Gasteiger partial charge in [-0.25, -0.2) is 0 Å². The van der Waals surface area contributed by atoms with Gasteiger partial charge in [-0.3, -0.25) is 0 Å². The summed E-state index contributed by atoms with van der Waals surface area (Å²) in [7, 11) is 0. The van der Waals surface area contributed by atoms with Crippen molar-refractivity contribution in [1.29, 1.82) is 0 Å². The van der Waals surface area contributed by atoms with E-state index < -0.39 is 0 Å². The van der Waals surface area contributed by atoms with E-state index in [9.17, 15) is 0 Å². The van der Waals surface area contributed by atoms with Crippen molar-refractivity contribution in [1.82, 2.24) is 5.32 Å². The molecule has 0 aromatic heterocycles. The SMILES string of the molecule is C=CCNCC=C.[H-].[Na+]. The van der Waals surface area contributed by atoms with Gasteiger partial charge in [0.25, 0.3) is 0 Å². The van der Waals surface area contributed by atoms with Crippen LogP contribution in [-0.4, -0.2) is 13.1 Å². The van der Waals surface area contributed by atoms with Crippen LogP contribution in [0.15, 0.2) is 25.3 Å². The van der Waals surface area contributed by atoms with Crippen LogP contribution in [0.25, 0.3) is 0 Å². The van der Waals surface area contributed by atoms with Gasteiger partial charge >= 0.3 is 29.6 Å². The molecule has 0 aliphatic carbocycles. The summed E-state index contributed by atoms with van der Waals surface area (Å²) in [6, 6.07) is 0. The molecule has 0 radical (unpaired) electrons. The molecule has 0 atom stereocenters. The van der Waals surface area contributed by atoms with Crippen LogP contribution in [0.1, 0.15) is 1.43 Å². The van der Waals surface area contributed by atoms with Crippen LogP contribution in [0.2, 0.25) is 0 Å². The second kappa shape index (κ2) is 10.4. The van der Waals surface area contributed by atoms with Crippen molar-refractivity contribution in [2.24, 2.45) is 0 Å². The molecule has 0 aromatic rings. The molecule has 0 saturated heterocycles. The molecule has 0 aliphatic rings. The Bertz CT molecular complexity index is 58.1. The number of hydrogen-bond acceptors (Lipinski definition) is 1. The molecule has 1 nitrogen and oxygen atoms in total. The van der Waals surface area contributed by atoms with Crippen molar-refractivity contribution in [2.45, 2.75) is 0 Å². The molecule has 8 heavy (non-hydrogen) atoms. The Hall–Kier alpha value is 0.440. The third-order valence-corrected chi connectivity index (χ3v) is 0.577. The van der Waals surface area contributed by atoms with Crippen molar-refractivity contribution < 1.29 is 31.0 Å². The molecule has 2 heteroatoms. The zero-order valence-corrected chi connectivity index (χ0v) is 7.48. The van der Waals surface area contributed by atoms with E-state index in [4.69, 9.17) is 0 Å². The van der Waals surface area contributed by atoms with E-state index in [1.54, 1.807) is 0 Å². The second-order valence-corrected chi connectivity index (χ2v) is 1.24. The van der Waals surface area contributed by atoms with Crippen LogP contribution in [0, 0.1) is 0 Å². The van der Waals surface area contributed by atoms with E-state index in [1.165, 1.54) is 0 Å². The second-order valence-electron chi connectivity index (χ2n) is 1.24. The Kier molecular flexibility index (Phi) is 14.7. The van der Waals surface area contributed by atoms with Crippen molar-refractivity contribution in [3.05, 3.63) is 25.3 Å². The maximum atomic E-state index is 3.54. The first kappa shape index (κ1) is 11.3. The average molecular weight is 121 g/mol. The van der Waals surface area contributed by atoms with Crippen molar-refractivity contribution in [3.8, 4) is 0 Å². The zero-order chi connectivity index (χ0) is 5.54. The van der Waals surface area contributed by atoms with Gasteiger partial charge in [0.1, 0.15) is 0 Å². The summed E-state index contributed by atoms with van der Waals surface area (Å²) >= 11 is 0. The largest absolute Gasteiger partial charge is 1.00 e. The molecule has 0 fully saturated rings. The quantitative estimate of drug-likeness (QED) is 0.259. The van der Waals surface area contributed by atoms with Gasteiger partial charge in [-0.05, 0) is 0 Å². The standard InChI is InChI=1S/C6H11N.Na.H/c1-3-5-7-6-4-2;;/h3-4,7H,1-2,5-6H2;;/q;+1;-1. The van der Waals surface area contributed by atoms with Crippen LogP contribution < -0.4 is 34.9 Å². The Balaban J connectivity index is -0.000000180. The molecule has 0 saturated carbocycles. The summed E-state index contributed by atoms with van der Waals surface area (Å²) in [5, 5.41) is 3.05. The molecular weight excluding hydrogens is 109 g/mol. The number of hydrogen-bond donors (Lipinski definition) is 1. The minimum absolute atomic E-state index is 0. The third-order valence-electron chi connectivity index (χ3n) is 0.577. The Morgan fingerprint density at radius 1 is 1.25 bits per heavy atom.